The van der Waals surface area contributed by atoms with Crippen molar-refractivity contribution in [2.45, 2.75) is 46.1 Å². The largest absolute Gasteiger partial charge is 0.367 e. The van der Waals surface area contributed by atoms with Crippen LogP contribution in [0, 0.1) is 0 Å². The van der Waals surface area contributed by atoms with E-state index in [0.29, 0.717) is 11.2 Å². The number of anilines is 1. The summed E-state index contributed by atoms with van der Waals surface area (Å²) in [6.07, 6.45) is 4.53. The van der Waals surface area contributed by atoms with Crippen LogP contribution >= 0.6 is 11.6 Å². The number of nitrogens with one attached hydrogen (secondary N) is 1. The summed E-state index contributed by atoms with van der Waals surface area (Å²) < 4.78 is 0. The molecule has 0 fully saturated rings. The van der Waals surface area contributed by atoms with Gasteiger partial charge < -0.3 is 5.32 Å². The zero-order valence-corrected chi connectivity index (χ0v) is 10.3. The standard InChI is InChI=1S/C11H18ClN3/c1-4-6-9-10(12)13-7-14-11(9)15-8(3)5-2/h7-8H,4-6H2,1-3H3,(H,13,14,15). The van der Waals surface area contributed by atoms with Crippen LogP contribution < -0.4 is 5.32 Å². The molecule has 3 nitrogen and oxygen atoms in total. The van der Waals surface area contributed by atoms with E-state index in [-0.39, 0.29) is 0 Å². The third-order valence-corrected chi connectivity index (χ3v) is 2.71. The van der Waals surface area contributed by atoms with E-state index in [1.54, 1.807) is 0 Å². The van der Waals surface area contributed by atoms with Gasteiger partial charge in [0.05, 0.1) is 0 Å². The van der Waals surface area contributed by atoms with Crippen LogP contribution in [0.2, 0.25) is 5.15 Å². The summed E-state index contributed by atoms with van der Waals surface area (Å²) in [5, 5.41) is 3.92. The van der Waals surface area contributed by atoms with Gasteiger partial charge in [-0.25, -0.2) is 9.97 Å². The van der Waals surface area contributed by atoms with Crippen molar-refractivity contribution >= 4 is 17.4 Å². The molecule has 1 rings (SSSR count). The molecule has 1 aromatic heterocycles. The topological polar surface area (TPSA) is 37.8 Å². The van der Waals surface area contributed by atoms with Crippen molar-refractivity contribution in [3.63, 3.8) is 0 Å². The number of hydrogen-bond donors (Lipinski definition) is 1. The van der Waals surface area contributed by atoms with Gasteiger partial charge in [0.1, 0.15) is 17.3 Å². The van der Waals surface area contributed by atoms with Gasteiger partial charge in [-0.3, -0.25) is 0 Å². The van der Waals surface area contributed by atoms with Crippen LogP contribution in [-0.4, -0.2) is 16.0 Å². The van der Waals surface area contributed by atoms with Crippen LogP contribution in [0.15, 0.2) is 6.33 Å². The summed E-state index contributed by atoms with van der Waals surface area (Å²) in [5.41, 5.74) is 1.03. The maximum atomic E-state index is 6.04. The van der Waals surface area contributed by atoms with E-state index in [2.05, 4.69) is 36.1 Å². The summed E-state index contributed by atoms with van der Waals surface area (Å²) in [6.45, 7) is 6.39. The van der Waals surface area contributed by atoms with Gasteiger partial charge in [0.25, 0.3) is 0 Å². The Labute approximate surface area is 96.3 Å². The van der Waals surface area contributed by atoms with Gasteiger partial charge in [-0.2, -0.15) is 0 Å². The monoisotopic (exact) mass is 227 g/mol. The third kappa shape index (κ3) is 3.34. The molecule has 1 atom stereocenters. The maximum Gasteiger partial charge on any atom is 0.137 e. The lowest BCUT2D eigenvalue weighted by atomic mass is 10.1. The summed E-state index contributed by atoms with van der Waals surface area (Å²) in [6, 6.07) is 0.409. The molecule has 1 N–H and O–H groups in total. The Bertz CT molecular complexity index is 315. The molecule has 0 amide bonds. The molecule has 0 aliphatic rings. The molecular weight excluding hydrogens is 210 g/mol. The van der Waals surface area contributed by atoms with Gasteiger partial charge in [0.15, 0.2) is 0 Å². The highest BCUT2D eigenvalue weighted by Crippen LogP contribution is 2.22. The van der Waals surface area contributed by atoms with Crippen molar-refractivity contribution in [1.29, 1.82) is 0 Å². The number of nitrogens with zero attached hydrogens (tertiary/aromatic N) is 2. The van der Waals surface area contributed by atoms with Crippen LogP contribution in [0.1, 0.15) is 39.2 Å². The number of hydrogen-bond acceptors (Lipinski definition) is 3. The number of rotatable bonds is 5. The smallest absolute Gasteiger partial charge is 0.137 e. The normalized spacial score (nSPS) is 12.5. The number of aromatic nitrogens is 2. The highest BCUT2D eigenvalue weighted by atomic mass is 35.5. The molecule has 0 bridgehead atoms. The van der Waals surface area contributed by atoms with Crippen LogP contribution in [0.3, 0.4) is 0 Å². The zero-order chi connectivity index (χ0) is 11.3. The molecule has 0 radical (unpaired) electrons. The van der Waals surface area contributed by atoms with Crippen LogP contribution in [0.4, 0.5) is 5.82 Å². The van der Waals surface area contributed by atoms with Crippen molar-refractivity contribution in [2.75, 3.05) is 5.32 Å². The second kappa shape index (κ2) is 5.91. The SMILES string of the molecule is CCCc1c(Cl)ncnc1NC(C)CC. The summed E-state index contributed by atoms with van der Waals surface area (Å²) in [5.74, 6) is 0.881. The fourth-order valence-corrected chi connectivity index (χ4v) is 1.55. The van der Waals surface area contributed by atoms with Crippen LogP contribution in [0.25, 0.3) is 0 Å². The first-order chi connectivity index (χ1) is 7.19. The van der Waals surface area contributed by atoms with Crippen LogP contribution in [-0.2, 0) is 6.42 Å². The quantitative estimate of drug-likeness (QED) is 0.785. The molecule has 0 saturated carbocycles. The van der Waals surface area contributed by atoms with Gasteiger partial charge in [-0.1, -0.05) is 31.9 Å². The first-order valence-electron chi connectivity index (χ1n) is 5.44. The van der Waals surface area contributed by atoms with E-state index in [1.165, 1.54) is 6.33 Å². The molecular formula is C11H18ClN3. The van der Waals surface area contributed by atoms with Gasteiger partial charge >= 0.3 is 0 Å². The van der Waals surface area contributed by atoms with Crippen molar-refractivity contribution in [3.05, 3.63) is 17.0 Å². The van der Waals surface area contributed by atoms with Gasteiger partial charge in [0, 0.05) is 11.6 Å². The Kier molecular flexibility index (Phi) is 4.82. The highest BCUT2D eigenvalue weighted by molar-refractivity contribution is 6.30. The lowest BCUT2D eigenvalue weighted by Gasteiger charge is -2.15. The Balaban J connectivity index is 2.89. The molecule has 84 valence electrons. The molecule has 4 heteroatoms. The van der Waals surface area contributed by atoms with Gasteiger partial charge in [-0.15, -0.1) is 0 Å². The van der Waals surface area contributed by atoms with E-state index in [4.69, 9.17) is 11.6 Å². The minimum absolute atomic E-state index is 0.409. The van der Waals surface area contributed by atoms with Gasteiger partial charge in [0.2, 0.25) is 0 Å². The predicted molar refractivity (Wildman–Crippen MR) is 64.4 cm³/mol. The molecule has 1 heterocycles. The molecule has 0 saturated heterocycles. The van der Waals surface area contributed by atoms with Gasteiger partial charge in [-0.05, 0) is 19.8 Å². The molecule has 1 aromatic rings. The minimum atomic E-state index is 0.409. The Morgan fingerprint density at radius 1 is 1.40 bits per heavy atom. The Morgan fingerprint density at radius 3 is 2.73 bits per heavy atom. The molecule has 0 aliphatic carbocycles. The fourth-order valence-electron chi connectivity index (χ4n) is 1.32. The van der Waals surface area contributed by atoms with Crippen molar-refractivity contribution in [3.8, 4) is 0 Å². The molecule has 15 heavy (non-hydrogen) atoms. The molecule has 1 unspecified atom stereocenters. The first-order valence-corrected chi connectivity index (χ1v) is 5.82. The Hall–Kier alpha value is -0.830. The van der Waals surface area contributed by atoms with Crippen LogP contribution in [0.5, 0.6) is 0 Å². The summed E-state index contributed by atoms with van der Waals surface area (Å²) in [7, 11) is 0. The Morgan fingerprint density at radius 2 is 2.13 bits per heavy atom. The van der Waals surface area contributed by atoms with E-state index in [0.717, 1.165) is 30.6 Å². The third-order valence-electron chi connectivity index (χ3n) is 2.39. The summed E-state index contributed by atoms with van der Waals surface area (Å²) in [4.78, 5) is 8.25. The molecule has 0 aliphatic heterocycles. The lowest BCUT2D eigenvalue weighted by Crippen LogP contribution is -2.16. The first kappa shape index (κ1) is 12.2. The second-order valence-corrected chi connectivity index (χ2v) is 4.05. The minimum Gasteiger partial charge on any atom is -0.367 e. The van der Waals surface area contributed by atoms with E-state index >= 15 is 0 Å². The molecule has 0 spiro atoms. The maximum absolute atomic E-state index is 6.04. The fraction of sp³-hybridized carbons (Fsp3) is 0.636. The van der Waals surface area contributed by atoms with Crippen molar-refractivity contribution in [2.24, 2.45) is 0 Å². The predicted octanol–water partition coefficient (Wildman–Crippen LogP) is 3.29. The van der Waals surface area contributed by atoms with E-state index in [9.17, 15) is 0 Å². The van der Waals surface area contributed by atoms with Crippen molar-refractivity contribution < 1.29 is 0 Å². The van der Waals surface area contributed by atoms with E-state index in [1.807, 2.05) is 0 Å². The summed E-state index contributed by atoms with van der Waals surface area (Å²) >= 11 is 6.04. The van der Waals surface area contributed by atoms with Crippen molar-refractivity contribution in [1.82, 2.24) is 9.97 Å². The zero-order valence-electron chi connectivity index (χ0n) is 9.55. The number of halogens is 1. The van der Waals surface area contributed by atoms with E-state index < -0.39 is 0 Å². The average molecular weight is 228 g/mol. The average Bonchev–Trinajstić information content (AvgIpc) is 2.23. The molecule has 0 aromatic carbocycles. The lowest BCUT2D eigenvalue weighted by molar-refractivity contribution is 0.753. The second-order valence-electron chi connectivity index (χ2n) is 3.70. The highest BCUT2D eigenvalue weighted by Gasteiger charge is 2.10.